The first-order valence-electron chi connectivity index (χ1n) is 6.81. The first-order chi connectivity index (χ1) is 10.4. The molecule has 0 aliphatic heterocycles. The van der Waals surface area contributed by atoms with Gasteiger partial charge in [0.1, 0.15) is 0 Å². The first-order valence-corrected chi connectivity index (χ1v) is 8.67. The summed E-state index contributed by atoms with van der Waals surface area (Å²) in [5.74, 6) is 0. The van der Waals surface area contributed by atoms with Gasteiger partial charge in [0.05, 0.1) is 9.92 Å². The molecular weight excluding hydrogens is 324 g/mol. The predicted octanol–water partition coefficient (Wildman–Crippen LogP) is 2.18. The van der Waals surface area contributed by atoms with Crippen LogP contribution in [0.25, 0.3) is 0 Å². The molecule has 0 unspecified atom stereocenters. The lowest BCUT2D eigenvalue weighted by atomic mass is 10.2. The van der Waals surface area contributed by atoms with Crippen LogP contribution in [0, 0.1) is 6.92 Å². The number of pyridine rings is 1. The Kier molecular flexibility index (Phi) is 5.39. The monoisotopic (exact) mass is 340 g/mol. The second-order valence-electron chi connectivity index (χ2n) is 4.94. The van der Waals surface area contributed by atoms with Gasteiger partial charge in [-0.3, -0.25) is 4.79 Å². The van der Waals surface area contributed by atoms with E-state index in [1.165, 1.54) is 16.7 Å². The van der Waals surface area contributed by atoms with Crippen molar-refractivity contribution in [3.63, 3.8) is 0 Å². The van der Waals surface area contributed by atoms with E-state index in [9.17, 15) is 13.2 Å². The van der Waals surface area contributed by atoms with Crippen LogP contribution in [0.1, 0.15) is 12.0 Å². The summed E-state index contributed by atoms with van der Waals surface area (Å²) in [6.45, 7) is 2.54. The number of halogens is 1. The summed E-state index contributed by atoms with van der Waals surface area (Å²) >= 11 is 5.82. The van der Waals surface area contributed by atoms with E-state index in [1.54, 1.807) is 30.5 Å². The third-order valence-corrected chi connectivity index (χ3v) is 4.85. The molecule has 0 atom stereocenters. The lowest BCUT2D eigenvalue weighted by Gasteiger charge is -2.08. The van der Waals surface area contributed by atoms with Crippen LogP contribution in [0.3, 0.4) is 0 Å². The molecule has 0 spiro atoms. The minimum atomic E-state index is -3.51. The zero-order valence-electron chi connectivity index (χ0n) is 12.1. The summed E-state index contributed by atoms with van der Waals surface area (Å²) in [5, 5.41) is 0.472. The molecule has 7 heteroatoms. The smallest absolute Gasteiger partial charge is 0.250 e. The van der Waals surface area contributed by atoms with E-state index in [2.05, 4.69) is 4.72 Å². The van der Waals surface area contributed by atoms with Gasteiger partial charge in [-0.1, -0.05) is 29.3 Å². The molecule has 0 bridgehead atoms. The molecule has 0 radical (unpaired) electrons. The van der Waals surface area contributed by atoms with Crippen molar-refractivity contribution in [3.05, 3.63) is 63.5 Å². The average molecular weight is 341 g/mol. The van der Waals surface area contributed by atoms with Gasteiger partial charge in [0, 0.05) is 25.4 Å². The van der Waals surface area contributed by atoms with Crippen molar-refractivity contribution >= 4 is 21.6 Å². The lowest BCUT2D eigenvalue weighted by Crippen LogP contribution is -2.27. The Balaban J connectivity index is 1.92. The summed E-state index contributed by atoms with van der Waals surface area (Å²) in [7, 11) is -3.51. The van der Waals surface area contributed by atoms with Crippen molar-refractivity contribution in [2.24, 2.45) is 0 Å². The molecule has 0 aliphatic carbocycles. The van der Waals surface area contributed by atoms with Gasteiger partial charge in [-0.15, -0.1) is 0 Å². The van der Waals surface area contributed by atoms with Gasteiger partial charge in [-0.05, 0) is 31.5 Å². The Labute approximate surface area is 134 Å². The Bertz CT molecular complexity index is 798. The molecule has 118 valence electrons. The summed E-state index contributed by atoms with van der Waals surface area (Å²) in [6.07, 6.45) is 2.03. The maximum atomic E-state index is 12.1. The second-order valence-corrected chi connectivity index (χ2v) is 7.15. The van der Waals surface area contributed by atoms with Crippen LogP contribution in [0.5, 0.6) is 0 Å². The molecule has 0 amide bonds. The van der Waals surface area contributed by atoms with Gasteiger partial charge in [-0.25, -0.2) is 13.1 Å². The zero-order valence-corrected chi connectivity index (χ0v) is 13.7. The van der Waals surface area contributed by atoms with E-state index in [1.807, 2.05) is 6.92 Å². The van der Waals surface area contributed by atoms with Crippen LogP contribution < -0.4 is 10.3 Å². The Morgan fingerprint density at radius 2 is 1.82 bits per heavy atom. The van der Waals surface area contributed by atoms with E-state index in [-0.39, 0.29) is 17.0 Å². The number of nitrogens with zero attached hydrogens (tertiary/aromatic N) is 1. The number of aryl methyl sites for hydroxylation is 2. The van der Waals surface area contributed by atoms with Gasteiger partial charge < -0.3 is 4.57 Å². The Morgan fingerprint density at radius 3 is 2.50 bits per heavy atom. The highest BCUT2D eigenvalue weighted by atomic mass is 35.5. The molecule has 0 fully saturated rings. The molecule has 2 rings (SSSR count). The SMILES string of the molecule is Cc1ccc(S(=O)(=O)NCCCn2cc(Cl)ccc2=O)cc1. The molecule has 1 aromatic carbocycles. The van der Waals surface area contributed by atoms with Gasteiger partial charge in [0.25, 0.3) is 5.56 Å². The Morgan fingerprint density at radius 1 is 1.14 bits per heavy atom. The number of benzene rings is 1. The maximum absolute atomic E-state index is 12.1. The fourth-order valence-corrected chi connectivity index (χ4v) is 3.19. The summed E-state index contributed by atoms with van der Waals surface area (Å²) in [5.41, 5.74) is 0.838. The zero-order chi connectivity index (χ0) is 16.2. The fraction of sp³-hybridized carbons (Fsp3) is 0.267. The predicted molar refractivity (Wildman–Crippen MR) is 86.7 cm³/mol. The van der Waals surface area contributed by atoms with E-state index in [4.69, 9.17) is 11.6 Å². The number of aromatic nitrogens is 1. The maximum Gasteiger partial charge on any atom is 0.250 e. The van der Waals surface area contributed by atoms with Crippen LogP contribution in [0.4, 0.5) is 0 Å². The molecule has 1 aromatic heterocycles. The highest BCUT2D eigenvalue weighted by Gasteiger charge is 2.12. The number of sulfonamides is 1. The average Bonchev–Trinajstić information content (AvgIpc) is 2.47. The molecule has 0 aliphatic rings. The quantitative estimate of drug-likeness (QED) is 0.819. The molecule has 5 nitrogen and oxygen atoms in total. The highest BCUT2D eigenvalue weighted by Crippen LogP contribution is 2.09. The standard InChI is InChI=1S/C15H17ClN2O3S/c1-12-3-6-14(7-4-12)22(20,21)17-9-2-10-18-11-13(16)5-8-15(18)19/h3-8,11,17H,2,9-10H2,1H3. The Hall–Kier alpha value is -1.63. The minimum absolute atomic E-state index is 0.161. The topological polar surface area (TPSA) is 68.2 Å². The minimum Gasteiger partial charge on any atom is -0.314 e. The molecule has 2 aromatic rings. The van der Waals surface area contributed by atoms with Crippen molar-refractivity contribution < 1.29 is 8.42 Å². The molecule has 0 saturated carbocycles. The molecule has 1 N–H and O–H groups in total. The van der Waals surface area contributed by atoms with Crippen LogP contribution in [-0.2, 0) is 16.6 Å². The molecule has 0 saturated heterocycles. The lowest BCUT2D eigenvalue weighted by molar-refractivity contribution is 0.567. The van der Waals surface area contributed by atoms with E-state index < -0.39 is 10.0 Å². The third-order valence-electron chi connectivity index (χ3n) is 3.15. The van der Waals surface area contributed by atoms with Crippen LogP contribution in [0.2, 0.25) is 5.02 Å². The van der Waals surface area contributed by atoms with Crippen molar-refractivity contribution in [3.8, 4) is 0 Å². The molecular formula is C15H17ClN2O3S. The third kappa shape index (κ3) is 4.43. The van der Waals surface area contributed by atoms with Gasteiger partial charge in [0.2, 0.25) is 10.0 Å². The number of nitrogens with one attached hydrogen (secondary N) is 1. The fourth-order valence-electron chi connectivity index (χ4n) is 1.93. The summed E-state index contributed by atoms with van der Waals surface area (Å²) in [4.78, 5) is 11.8. The number of rotatable bonds is 6. The summed E-state index contributed by atoms with van der Waals surface area (Å²) in [6, 6.07) is 9.55. The normalized spacial score (nSPS) is 11.5. The van der Waals surface area contributed by atoms with E-state index in [0.717, 1.165) is 5.56 Å². The van der Waals surface area contributed by atoms with Crippen LogP contribution in [-0.4, -0.2) is 19.5 Å². The van der Waals surface area contributed by atoms with Crippen molar-refractivity contribution in [2.45, 2.75) is 24.8 Å². The van der Waals surface area contributed by atoms with Gasteiger partial charge in [0.15, 0.2) is 0 Å². The van der Waals surface area contributed by atoms with Crippen LogP contribution in [0.15, 0.2) is 52.3 Å². The molecule has 22 heavy (non-hydrogen) atoms. The van der Waals surface area contributed by atoms with Gasteiger partial charge >= 0.3 is 0 Å². The largest absolute Gasteiger partial charge is 0.314 e. The molecule has 1 heterocycles. The van der Waals surface area contributed by atoms with Crippen molar-refractivity contribution in [1.29, 1.82) is 0 Å². The van der Waals surface area contributed by atoms with Crippen molar-refractivity contribution in [2.75, 3.05) is 6.54 Å². The summed E-state index contributed by atoms with van der Waals surface area (Å²) < 4.78 is 28.1. The van der Waals surface area contributed by atoms with Crippen LogP contribution >= 0.6 is 11.6 Å². The second kappa shape index (κ2) is 7.09. The van der Waals surface area contributed by atoms with E-state index in [0.29, 0.717) is 18.0 Å². The highest BCUT2D eigenvalue weighted by molar-refractivity contribution is 7.89. The van der Waals surface area contributed by atoms with Gasteiger partial charge in [-0.2, -0.15) is 0 Å². The first kappa shape index (κ1) is 16.7. The number of hydrogen-bond acceptors (Lipinski definition) is 3. The number of hydrogen-bond donors (Lipinski definition) is 1. The van der Waals surface area contributed by atoms with Crippen molar-refractivity contribution in [1.82, 2.24) is 9.29 Å². The van der Waals surface area contributed by atoms with E-state index >= 15 is 0 Å².